The summed E-state index contributed by atoms with van der Waals surface area (Å²) in [6.45, 7) is 5.64. The molecule has 0 unspecified atom stereocenters. The smallest absolute Gasteiger partial charge is 0.270 e. The van der Waals surface area contributed by atoms with E-state index in [1.807, 2.05) is 63.2 Å². The molecule has 1 aromatic heterocycles. The van der Waals surface area contributed by atoms with Crippen molar-refractivity contribution in [1.29, 1.82) is 0 Å². The maximum absolute atomic E-state index is 13.6. The molecule has 0 radical (unpaired) electrons. The van der Waals surface area contributed by atoms with Crippen LogP contribution in [0, 0.1) is 0 Å². The lowest BCUT2D eigenvalue weighted by atomic mass is 9.97. The van der Waals surface area contributed by atoms with Crippen molar-refractivity contribution < 1.29 is 24.3 Å². The number of hydrogen-bond donors (Lipinski definition) is 5. The van der Waals surface area contributed by atoms with E-state index in [4.69, 9.17) is 5.73 Å². The fraction of sp³-hybridized carbons (Fsp3) is 0.286. The molecule has 0 aliphatic rings. The number of para-hydroxylation sites is 1. The van der Waals surface area contributed by atoms with Gasteiger partial charge in [-0.05, 0) is 56.7 Å². The fourth-order valence-electron chi connectivity index (χ4n) is 4.77. The second-order valence-electron chi connectivity index (χ2n) is 12.0. The van der Waals surface area contributed by atoms with E-state index in [2.05, 4.69) is 20.9 Å². The maximum Gasteiger partial charge on any atom is 0.270 e. The van der Waals surface area contributed by atoms with Gasteiger partial charge in [-0.2, -0.15) is 0 Å². The lowest BCUT2D eigenvalue weighted by Crippen LogP contribution is -2.54. The van der Waals surface area contributed by atoms with Gasteiger partial charge >= 0.3 is 0 Å². The average molecular weight is 642 g/mol. The Morgan fingerprint density at radius 2 is 1.52 bits per heavy atom. The van der Waals surface area contributed by atoms with Gasteiger partial charge in [0.1, 0.15) is 11.7 Å². The SMILES string of the molecule is CC(C)(C)NC(=O)c1ccccc1C[C@@H](O)[C@H](CSc1ccccc1)NC(=O)[C@H](CC(N)=O)NC(=O)c1ccc2ccccc2n1. The Bertz CT molecular complexity index is 1690. The van der Waals surface area contributed by atoms with Crippen molar-refractivity contribution in [3.63, 3.8) is 0 Å². The predicted octanol–water partition coefficient (Wildman–Crippen LogP) is 3.62. The van der Waals surface area contributed by atoms with E-state index >= 15 is 0 Å². The van der Waals surface area contributed by atoms with Crippen LogP contribution in [0.15, 0.2) is 95.9 Å². The number of rotatable bonds is 13. The van der Waals surface area contributed by atoms with E-state index in [0.717, 1.165) is 10.3 Å². The van der Waals surface area contributed by atoms with Gasteiger partial charge in [0, 0.05) is 33.6 Å². The molecular weight excluding hydrogens is 602 g/mol. The fourth-order valence-corrected chi connectivity index (χ4v) is 5.79. The number of carbonyl (C=O) groups excluding carboxylic acids is 4. The van der Waals surface area contributed by atoms with Crippen molar-refractivity contribution in [2.75, 3.05) is 5.75 Å². The summed E-state index contributed by atoms with van der Waals surface area (Å²) in [5.74, 6) is -2.15. The summed E-state index contributed by atoms with van der Waals surface area (Å²) in [7, 11) is 0. The summed E-state index contributed by atoms with van der Waals surface area (Å²) >= 11 is 1.42. The van der Waals surface area contributed by atoms with Crippen LogP contribution < -0.4 is 21.7 Å². The topological polar surface area (TPSA) is 164 Å². The molecule has 6 N–H and O–H groups in total. The quantitative estimate of drug-likeness (QED) is 0.139. The minimum absolute atomic E-state index is 0.0574. The molecule has 10 nitrogen and oxygen atoms in total. The Morgan fingerprint density at radius 1 is 0.848 bits per heavy atom. The van der Waals surface area contributed by atoms with Crippen LogP contribution in [0.3, 0.4) is 0 Å². The van der Waals surface area contributed by atoms with E-state index in [0.29, 0.717) is 16.6 Å². The largest absolute Gasteiger partial charge is 0.391 e. The molecule has 0 bridgehead atoms. The van der Waals surface area contributed by atoms with Crippen molar-refractivity contribution in [3.05, 3.63) is 108 Å². The highest BCUT2D eigenvalue weighted by molar-refractivity contribution is 7.99. The third-order valence-electron chi connectivity index (χ3n) is 7.00. The minimum Gasteiger partial charge on any atom is -0.391 e. The van der Waals surface area contributed by atoms with Gasteiger partial charge in [-0.15, -0.1) is 11.8 Å². The van der Waals surface area contributed by atoms with Gasteiger partial charge in [-0.25, -0.2) is 4.98 Å². The van der Waals surface area contributed by atoms with Gasteiger partial charge in [0.25, 0.3) is 11.8 Å². The molecule has 4 aromatic rings. The van der Waals surface area contributed by atoms with Crippen molar-refractivity contribution >= 4 is 46.3 Å². The molecule has 0 saturated carbocycles. The van der Waals surface area contributed by atoms with Crippen LogP contribution in [0.1, 0.15) is 53.6 Å². The van der Waals surface area contributed by atoms with Gasteiger partial charge < -0.3 is 26.8 Å². The molecule has 46 heavy (non-hydrogen) atoms. The normalized spacial score (nSPS) is 13.3. The summed E-state index contributed by atoms with van der Waals surface area (Å²) in [6.07, 6.45) is -1.53. The van der Waals surface area contributed by atoms with Crippen LogP contribution >= 0.6 is 11.8 Å². The predicted molar refractivity (Wildman–Crippen MR) is 179 cm³/mol. The molecule has 11 heteroatoms. The summed E-state index contributed by atoms with van der Waals surface area (Å²) in [6, 6.07) is 24.9. The number of thioether (sulfide) groups is 1. The number of benzene rings is 3. The van der Waals surface area contributed by atoms with Gasteiger partial charge in [0.15, 0.2) is 0 Å². The van der Waals surface area contributed by atoms with Crippen LogP contribution in [0.4, 0.5) is 0 Å². The Morgan fingerprint density at radius 3 is 2.24 bits per heavy atom. The molecule has 4 amide bonds. The Balaban J connectivity index is 1.55. The second kappa shape index (κ2) is 15.5. The molecular formula is C35H39N5O5S. The number of pyridine rings is 1. The van der Waals surface area contributed by atoms with E-state index in [9.17, 15) is 24.3 Å². The lowest BCUT2D eigenvalue weighted by Gasteiger charge is -2.27. The summed E-state index contributed by atoms with van der Waals surface area (Å²) in [5, 5.41) is 20.7. The molecule has 0 aliphatic heterocycles. The first kappa shape index (κ1) is 34.1. The number of aromatic nitrogens is 1. The highest BCUT2D eigenvalue weighted by Gasteiger charge is 2.30. The van der Waals surface area contributed by atoms with Crippen LogP contribution in [0.5, 0.6) is 0 Å². The Kier molecular flexibility index (Phi) is 11.5. The number of hydrogen-bond acceptors (Lipinski definition) is 7. The first-order valence-corrected chi connectivity index (χ1v) is 15.9. The first-order chi connectivity index (χ1) is 21.9. The molecule has 0 saturated heterocycles. The number of nitrogens with zero attached hydrogens (tertiary/aromatic N) is 1. The molecule has 3 aromatic carbocycles. The third kappa shape index (κ3) is 9.88. The van der Waals surface area contributed by atoms with Crippen molar-refractivity contribution in [3.8, 4) is 0 Å². The first-order valence-electron chi connectivity index (χ1n) is 14.9. The number of nitrogens with one attached hydrogen (secondary N) is 3. The maximum atomic E-state index is 13.6. The number of primary amides is 1. The lowest BCUT2D eigenvalue weighted by molar-refractivity contribution is -0.127. The van der Waals surface area contributed by atoms with Crippen LogP contribution in [0.25, 0.3) is 10.9 Å². The van der Waals surface area contributed by atoms with E-state index < -0.39 is 47.9 Å². The Labute approximate surface area is 272 Å². The van der Waals surface area contributed by atoms with Gasteiger partial charge in [-0.3, -0.25) is 19.2 Å². The van der Waals surface area contributed by atoms with E-state index in [-0.39, 0.29) is 23.8 Å². The zero-order valence-corrected chi connectivity index (χ0v) is 26.8. The monoisotopic (exact) mass is 641 g/mol. The van der Waals surface area contributed by atoms with Crippen molar-refractivity contribution in [2.24, 2.45) is 5.73 Å². The van der Waals surface area contributed by atoms with Crippen LogP contribution in [-0.4, -0.2) is 63.2 Å². The van der Waals surface area contributed by atoms with E-state index in [1.165, 1.54) is 17.8 Å². The molecule has 240 valence electrons. The van der Waals surface area contributed by atoms with Crippen LogP contribution in [-0.2, 0) is 16.0 Å². The number of fused-ring (bicyclic) bond motifs is 1. The van der Waals surface area contributed by atoms with Gasteiger partial charge in [-0.1, -0.05) is 60.7 Å². The summed E-state index contributed by atoms with van der Waals surface area (Å²) < 4.78 is 0. The standard InChI is InChI=1S/C35H39N5O5S/c1-35(2,3)40-32(43)25-15-9-7-12-23(25)19-30(41)29(21-46-24-13-5-4-6-14-24)39-34(45)28(20-31(36)42)38-33(44)27-18-17-22-11-8-10-16-26(22)37-27/h4-18,28-30,41H,19-21H2,1-3H3,(H2,36,42)(H,38,44)(H,39,45)(H,40,43)/t28-,29-,30+/m0/s1. The van der Waals surface area contributed by atoms with Gasteiger partial charge in [0.2, 0.25) is 11.8 Å². The highest BCUT2D eigenvalue weighted by atomic mass is 32.2. The van der Waals surface area contributed by atoms with Crippen molar-refractivity contribution in [2.45, 2.75) is 62.2 Å². The average Bonchev–Trinajstić information content (AvgIpc) is 3.02. The molecule has 0 fully saturated rings. The molecule has 1 heterocycles. The number of amides is 4. The van der Waals surface area contributed by atoms with Crippen LogP contribution in [0.2, 0.25) is 0 Å². The number of nitrogens with two attached hydrogens (primary N) is 1. The number of aliphatic hydroxyl groups is 1. The zero-order valence-electron chi connectivity index (χ0n) is 26.0. The van der Waals surface area contributed by atoms with Gasteiger partial charge in [0.05, 0.1) is 24.1 Å². The Hall–Kier alpha value is -4.74. The third-order valence-corrected chi connectivity index (χ3v) is 8.13. The number of aliphatic hydroxyl groups excluding tert-OH is 1. The minimum atomic E-state index is -1.32. The summed E-state index contributed by atoms with van der Waals surface area (Å²) in [4.78, 5) is 57.1. The molecule has 3 atom stereocenters. The highest BCUT2D eigenvalue weighted by Crippen LogP contribution is 2.22. The second-order valence-corrected chi connectivity index (χ2v) is 13.1. The molecule has 4 rings (SSSR count). The molecule has 0 aliphatic carbocycles. The van der Waals surface area contributed by atoms with E-state index in [1.54, 1.807) is 42.5 Å². The zero-order chi connectivity index (χ0) is 33.3. The molecule has 0 spiro atoms. The number of carbonyl (C=O) groups is 4. The summed E-state index contributed by atoms with van der Waals surface area (Å²) in [5.41, 5.74) is 6.68. The van der Waals surface area contributed by atoms with Crippen molar-refractivity contribution in [1.82, 2.24) is 20.9 Å².